The van der Waals surface area contributed by atoms with E-state index in [1.54, 1.807) is 22.9 Å². The van der Waals surface area contributed by atoms with Crippen LogP contribution in [0.2, 0.25) is 5.15 Å². The zero-order valence-electron chi connectivity index (χ0n) is 19.1. The molecule has 0 saturated carbocycles. The number of fused-ring (bicyclic) bond motifs is 3. The molecule has 0 radical (unpaired) electrons. The van der Waals surface area contributed by atoms with Crippen molar-refractivity contribution in [1.82, 2.24) is 14.8 Å². The van der Waals surface area contributed by atoms with Crippen molar-refractivity contribution in [1.29, 1.82) is 0 Å². The molecule has 2 aromatic carbocycles. The zero-order chi connectivity index (χ0) is 25.2. The Morgan fingerprint density at radius 3 is 2.67 bits per heavy atom. The van der Waals surface area contributed by atoms with Gasteiger partial charge in [-0.1, -0.05) is 42.0 Å². The van der Waals surface area contributed by atoms with Gasteiger partial charge in [-0.3, -0.25) is 9.59 Å². The second kappa shape index (κ2) is 9.77. The van der Waals surface area contributed by atoms with Gasteiger partial charge in [-0.15, -0.1) is 0 Å². The molecule has 2 amide bonds. The van der Waals surface area contributed by atoms with Gasteiger partial charge in [0.1, 0.15) is 5.15 Å². The second-order valence-corrected chi connectivity index (χ2v) is 8.65. The fourth-order valence-electron chi connectivity index (χ4n) is 4.37. The average molecular weight is 500 g/mol. The first-order valence-electron chi connectivity index (χ1n) is 11.3. The lowest BCUT2D eigenvalue weighted by atomic mass is 9.88. The molecule has 0 atom stereocenters. The first-order valence-corrected chi connectivity index (χ1v) is 11.7. The number of aryl methyl sites for hydroxylation is 1. The van der Waals surface area contributed by atoms with E-state index < -0.39 is 5.91 Å². The Balaban J connectivity index is 1.57. The van der Waals surface area contributed by atoms with Crippen LogP contribution in [0.5, 0.6) is 0 Å². The van der Waals surface area contributed by atoms with Crippen LogP contribution >= 0.6 is 11.6 Å². The predicted molar refractivity (Wildman–Crippen MR) is 138 cm³/mol. The van der Waals surface area contributed by atoms with Crippen molar-refractivity contribution in [2.45, 2.75) is 12.8 Å². The van der Waals surface area contributed by atoms with Crippen LogP contribution in [-0.2, 0) is 12.8 Å². The van der Waals surface area contributed by atoms with E-state index in [1.165, 1.54) is 6.20 Å². The van der Waals surface area contributed by atoms with Crippen molar-refractivity contribution in [3.8, 4) is 16.9 Å². The summed E-state index contributed by atoms with van der Waals surface area (Å²) in [5, 5.41) is 16.6. The van der Waals surface area contributed by atoms with Crippen molar-refractivity contribution in [3.63, 3.8) is 0 Å². The van der Waals surface area contributed by atoms with Gasteiger partial charge in [0.25, 0.3) is 11.8 Å². The van der Waals surface area contributed by atoms with Gasteiger partial charge in [-0.25, -0.2) is 9.67 Å². The third-order valence-electron chi connectivity index (χ3n) is 6.04. The monoisotopic (exact) mass is 499 g/mol. The van der Waals surface area contributed by atoms with Gasteiger partial charge in [-0.05, 0) is 60.4 Å². The van der Waals surface area contributed by atoms with Gasteiger partial charge < -0.3 is 16.2 Å². The van der Waals surface area contributed by atoms with E-state index in [0.717, 1.165) is 33.6 Å². The number of aromatic nitrogens is 3. The van der Waals surface area contributed by atoms with Crippen molar-refractivity contribution in [3.05, 3.63) is 100.0 Å². The highest BCUT2D eigenvalue weighted by molar-refractivity contribution is 6.33. The molecule has 5 rings (SSSR count). The summed E-state index contributed by atoms with van der Waals surface area (Å²) < 4.78 is 1.72. The Labute approximate surface area is 212 Å². The summed E-state index contributed by atoms with van der Waals surface area (Å²) in [7, 11) is 0. The number of carbonyl (C=O) groups excluding carboxylic acids is 2. The van der Waals surface area contributed by atoms with Gasteiger partial charge in [0, 0.05) is 23.0 Å². The Morgan fingerprint density at radius 1 is 1.14 bits per heavy atom. The number of primary amides is 1. The third-order valence-corrected chi connectivity index (χ3v) is 6.34. The lowest BCUT2D eigenvalue weighted by Gasteiger charge is -2.20. The van der Waals surface area contributed by atoms with Crippen molar-refractivity contribution in [2.24, 2.45) is 5.73 Å². The molecule has 0 fully saturated rings. The van der Waals surface area contributed by atoms with Crippen molar-refractivity contribution >= 4 is 35.2 Å². The molecule has 4 aromatic rings. The molecule has 2 heterocycles. The van der Waals surface area contributed by atoms with Crippen LogP contribution in [-0.4, -0.2) is 38.3 Å². The minimum Gasteiger partial charge on any atom is -0.392 e. The van der Waals surface area contributed by atoms with Gasteiger partial charge >= 0.3 is 0 Å². The zero-order valence-corrected chi connectivity index (χ0v) is 19.9. The van der Waals surface area contributed by atoms with Gasteiger partial charge in [0.15, 0.2) is 5.69 Å². The molecular formula is C27H22ClN5O3. The molecule has 0 saturated heterocycles. The highest BCUT2D eigenvalue weighted by Gasteiger charge is 2.28. The fraction of sp³-hybridized carbons (Fsp3) is 0.111. The molecule has 9 heteroatoms. The Morgan fingerprint density at radius 2 is 1.94 bits per heavy atom. The van der Waals surface area contributed by atoms with Crippen LogP contribution < -0.4 is 11.1 Å². The molecule has 0 aliphatic heterocycles. The fourth-order valence-corrected chi connectivity index (χ4v) is 4.58. The molecule has 1 aliphatic rings. The lowest BCUT2D eigenvalue weighted by Crippen LogP contribution is -2.16. The molecule has 0 spiro atoms. The summed E-state index contributed by atoms with van der Waals surface area (Å²) in [6, 6.07) is 16.5. The number of aliphatic hydroxyl groups is 1. The van der Waals surface area contributed by atoms with Gasteiger partial charge in [-0.2, -0.15) is 5.10 Å². The molecule has 0 bridgehead atoms. The number of hydrogen-bond acceptors (Lipinski definition) is 5. The minimum absolute atomic E-state index is 0.0426. The summed E-state index contributed by atoms with van der Waals surface area (Å²) in [6.45, 7) is -0.0426. The van der Waals surface area contributed by atoms with Crippen molar-refractivity contribution in [2.75, 3.05) is 11.9 Å². The number of nitrogens with one attached hydrogen (secondary N) is 1. The first kappa shape index (κ1) is 23.5. The number of pyridine rings is 1. The largest absolute Gasteiger partial charge is 0.392 e. The van der Waals surface area contributed by atoms with Crippen LogP contribution in [0.15, 0.2) is 66.9 Å². The van der Waals surface area contributed by atoms with Crippen molar-refractivity contribution < 1.29 is 14.7 Å². The molecular weight excluding hydrogens is 478 g/mol. The molecule has 2 aromatic heterocycles. The van der Waals surface area contributed by atoms with Crippen LogP contribution in [0.3, 0.4) is 0 Å². The minimum atomic E-state index is -0.591. The smallest absolute Gasteiger partial charge is 0.269 e. The maximum atomic E-state index is 12.8. The number of halogens is 1. The number of hydrogen-bond donors (Lipinski definition) is 3. The first-order chi connectivity index (χ1) is 17.5. The second-order valence-electron chi connectivity index (χ2n) is 8.30. The topological polar surface area (TPSA) is 123 Å². The highest BCUT2D eigenvalue weighted by atomic mass is 35.5. The number of aliphatic hydroxyl groups excluding tert-OH is 1. The highest BCUT2D eigenvalue weighted by Crippen LogP contribution is 2.38. The molecule has 36 heavy (non-hydrogen) atoms. The number of nitrogens with two attached hydrogens (primary N) is 1. The van der Waals surface area contributed by atoms with E-state index in [0.29, 0.717) is 18.5 Å². The van der Waals surface area contributed by atoms with E-state index in [1.807, 2.05) is 48.5 Å². The Kier molecular flexibility index (Phi) is 6.37. The normalized spacial score (nSPS) is 12.3. The average Bonchev–Trinajstić information content (AvgIpc) is 3.28. The quantitative estimate of drug-likeness (QED) is 0.345. The number of nitrogens with zero attached hydrogens (tertiary/aromatic N) is 3. The number of carbonyl (C=O) groups is 2. The number of anilines is 1. The molecule has 8 nitrogen and oxygen atoms in total. The summed E-state index contributed by atoms with van der Waals surface area (Å²) in [6.07, 6.45) is 6.32. The Bertz CT molecular complexity index is 1510. The number of amides is 2. The summed E-state index contributed by atoms with van der Waals surface area (Å²) in [5.41, 5.74) is 11.9. The Hall–Kier alpha value is -4.27. The van der Waals surface area contributed by atoms with E-state index in [2.05, 4.69) is 15.4 Å². The predicted octanol–water partition coefficient (Wildman–Crippen LogP) is 4.04. The van der Waals surface area contributed by atoms with Crippen LogP contribution in [0.4, 0.5) is 5.69 Å². The molecule has 180 valence electrons. The van der Waals surface area contributed by atoms with Crippen LogP contribution in [0, 0.1) is 0 Å². The van der Waals surface area contributed by atoms with E-state index in [4.69, 9.17) is 22.4 Å². The van der Waals surface area contributed by atoms with E-state index in [-0.39, 0.29) is 28.9 Å². The SMILES string of the molecule is NC(=O)c1nn(-c2ccc(/C=C\CO)cc2)c2c1CCc1ccc(NC(=O)c3cccnc3Cl)cc1-2. The van der Waals surface area contributed by atoms with Crippen LogP contribution in [0.1, 0.15) is 37.5 Å². The number of benzene rings is 2. The van der Waals surface area contributed by atoms with E-state index in [9.17, 15) is 9.59 Å². The standard InChI is InChI=1S/C27H22ClN5O3/c28-25-21(4-1-13-30-25)27(36)31-18-9-7-17-8-12-20-23(26(29)35)32-33(24(20)22(17)15-18)19-10-5-16(6-11-19)3-2-14-34/h1-7,9-11,13,15,34H,8,12,14H2,(H2,29,35)(H,31,36)/b3-2-. The lowest BCUT2D eigenvalue weighted by molar-refractivity contribution is 0.0992. The molecule has 4 N–H and O–H groups in total. The maximum Gasteiger partial charge on any atom is 0.269 e. The number of rotatable bonds is 6. The summed E-state index contributed by atoms with van der Waals surface area (Å²) >= 11 is 6.08. The summed E-state index contributed by atoms with van der Waals surface area (Å²) in [5.74, 6) is -0.964. The van der Waals surface area contributed by atoms with Gasteiger partial charge in [0.05, 0.1) is 23.6 Å². The molecule has 0 unspecified atom stereocenters. The third kappa shape index (κ3) is 4.39. The van der Waals surface area contributed by atoms with Crippen LogP contribution in [0.25, 0.3) is 23.0 Å². The maximum absolute atomic E-state index is 12.8. The summed E-state index contributed by atoms with van der Waals surface area (Å²) in [4.78, 5) is 29.0. The van der Waals surface area contributed by atoms with Gasteiger partial charge in [0.2, 0.25) is 0 Å². The molecule has 1 aliphatic carbocycles. The van der Waals surface area contributed by atoms with E-state index >= 15 is 0 Å².